The number of aryl methyl sites for hydroxylation is 1. The highest BCUT2D eigenvalue weighted by Gasteiger charge is 2.29. The number of aliphatic imine (C=N–C) groups is 1. The summed E-state index contributed by atoms with van der Waals surface area (Å²) in [6, 6.07) is 4.27. The van der Waals surface area contributed by atoms with Crippen molar-refractivity contribution < 1.29 is 0 Å². The standard InChI is InChI=1S/C15H18Cl2N2S/c1-9-6-12(17)14(7-11(9)16)19-15-18-13-5-3-2-4-10(13)8-20-15/h6-7,10,13H,2-5,8H2,1H3,(H,18,19). The van der Waals surface area contributed by atoms with Gasteiger partial charge in [0.1, 0.15) is 0 Å². The van der Waals surface area contributed by atoms with Gasteiger partial charge < -0.3 is 5.32 Å². The molecule has 0 aromatic heterocycles. The minimum Gasteiger partial charge on any atom is -0.334 e. The van der Waals surface area contributed by atoms with Gasteiger partial charge in [-0.1, -0.05) is 47.8 Å². The Morgan fingerprint density at radius 1 is 1.20 bits per heavy atom. The lowest BCUT2D eigenvalue weighted by atomic mass is 9.86. The quantitative estimate of drug-likeness (QED) is 0.748. The maximum absolute atomic E-state index is 6.27. The van der Waals surface area contributed by atoms with E-state index in [2.05, 4.69) is 5.32 Å². The molecule has 1 heterocycles. The molecule has 0 bridgehead atoms. The average Bonchev–Trinajstić information content (AvgIpc) is 2.44. The van der Waals surface area contributed by atoms with Crippen LogP contribution < -0.4 is 5.32 Å². The molecule has 1 aromatic carbocycles. The summed E-state index contributed by atoms with van der Waals surface area (Å²) < 4.78 is 0. The van der Waals surface area contributed by atoms with Crippen LogP contribution in [-0.4, -0.2) is 17.0 Å². The molecule has 1 N–H and O–H groups in total. The number of amidine groups is 1. The number of anilines is 1. The molecule has 1 aliphatic heterocycles. The van der Waals surface area contributed by atoms with Crippen LogP contribution in [0.15, 0.2) is 17.1 Å². The first kappa shape index (κ1) is 14.6. The van der Waals surface area contributed by atoms with E-state index in [-0.39, 0.29) is 0 Å². The van der Waals surface area contributed by atoms with Crippen LogP contribution in [0.5, 0.6) is 0 Å². The predicted octanol–water partition coefficient (Wildman–Crippen LogP) is 5.38. The number of nitrogens with one attached hydrogen (secondary N) is 1. The first-order valence-corrected chi connectivity index (χ1v) is 8.81. The van der Waals surface area contributed by atoms with Gasteiger partial charge >= 0.3 is 0 Å². The third-order valence-corrected chi connectivity index (χ3v) is 5.87. The molecule has 0 radical (unpaired) electrons. The first-order chi connectivity index (χ1) is 9.63. The third kappa shape index (κ3) is 3.10. The molecular weight excluding hydrogens is 311 g/mol. The summed E-state index contributed by atoms with van der Waals surface area (Å²) in [5, 5.41) is 5.75. The zero-order valence-electron chi connectivity index (χ0n) is 11.5. The van der Waals surface area contributed by atoms with Crippen LogP contribution in [-0.2, 0) is 0 Å². The molecule has 5 heteroatoms. The van der Waals surface area contributed by atoms with Crippen molar-refractivity contribution in [3.63, 3.8) is 0 Å². The van der Waals surface area contributed by atoms with E-state index in [1.165, 1.54) is 25.7 Å². The lowest BCUT2D eigenvalue weighted by Crippen LogP contribution is -2.31. The lowest BCUT2D eigenvalue weighted by Gasteiger charge is -2.32. The fraction of sp³-hybridized carbons (Fsp3) is 0.533. The topological polar surface area (TPSA) is 24.4 Å². The van der Waals surface area contributed by atoms with Gasteiger partial charge in [-0.25, -0.2) is 0 Å². The SMILES string of the molecule is Cc1cc(Cl)c(NC2=NC3CCCCC3CS2)cc1Cl. The van der Waals surface area contributed by atoms with E-state index in [9.17, 15) is 0 Å². The third-order valence-electron chi connectivity index (χ3n) is 4.08. The highest BCUT2D eigenvalue weighted by atomic mass is 35.5. The summed E-state index contributed by atoms with van der Waals surface area (Å²) in [6.45, 7) is 1.96. The van der Waals surface area contributed by atoms with Gasteiger partial charge in [-0.3, -0.25) is 4.99 Å². The number of hydrogen-bond donors (Lipinski definition) is 1. The molecule has 2 atom stereocenters. The number of thioether (sulfide) groups is 1. The Balaban J connectivity index is 1.78. The van der Waals surface area contributed by atoms with Gasteiger partial charge in [-0.2, -0.15) is 0 Å². The number of rotatable bonds is 1. The number of halogens is 2. The number of benzene rings is 1. The van der Waals surface area contributed by atoms with Crippen LogP contribution in [0.25, 0.3) is 0 Å². The predicted molar refractivity (Wildman–Crippen MR) is 90.5 cm³/mol. The van der Waals surface area contributed by atoms with Crippen molar-refractivity contribution in [2.45, 2.75) is 38.6 Å². The van der Waals surface area contributed by atoms with Gasteiger partial charge in [0.25, 0.3) is 0 Å². The van der Waals surface area contributed by atoms with E-state index in [4.69, 9.17) is 28.2 Å². The van der Waals surface area contributed by atoms with E-state index < -0.39 is 0 Å². The second kappa shape index (κ2) is 6.17. The van der Waals surface area contributed by atoms with Crippen LogP contribution >= 0.6 is 35.0 Å². The van der Waals surface area contributed by atoms with Crippen LogP contribution in [0.3, 0.4) is 0 Å². The summed E-state index contributed by atoms with van der Waals surface area (Å²) in [6.07, 6.45) is 5.21. The maximum atomic E-state index is 6.27. The van der Waals surface area contributed by atoms with Crippen molar-refractivity contribution in [2.75, 3.05) is 11.1 Å². The van der Waals surface area contributed by atoms with Gasteiger partial charge in [0.2, 0.25) is 0 Å². The Morgan fingerprint density at radius 3 is 2.85 bits per heavy atom. The van der Waals surface area contributed by atoms with Crippen molar-refractivity contribution in [3.8, 4) is 0 Å². The van der Waals surface area contributed by atoms with Crippen LogP contribution in [0.1, 0.15) is 31.2 Å². The van der Waals surface area contributed by atoms with Crippen molar-refractivity contribution in [1.29, 1.82) is 0 Å². The largest absolute Gasteiger partial charge is 0.334 e. The molecule has 0 spiro atoms. The summed E-state index contributed by atoms with van der Waals surface area (Å²) in [5.74, 6) is 1.92. The van der Waals surface area contributed by atoms with E-state index >= 15 is 0 Å². The molecule has 0 saturated heterocycles. The molecule has 108 valence electrons. The van der Waals surface area contributed by atoms with Gasteiger partial charge in [-0.15, -0.1) is 0 Å². The van der Waals surface area contributed by atoms with Crippen molar-refractivity contribution >= 4 is 45.8 Å². The van der Waals surface area contributed by atoms with E-state index in [0.29, 0.717) is 11.1 Å². The monoisotopic (exact) mass is 328 g/mol. The van der Waals surface area contributed by atoms with Crippen LogP contribution in [0, 0.1) is 12.8 Å². The molecule has 3 rings (SSSR count). The molecule has 0 amide bonds. The smallest absolute Gasteiger partial charge is 0.161 e. The van der Waals surface area contributed by atoms with Crippen LogP contribution in [0.2, 0.25) is 10.0 Å². The summed E-state index contributed by atoms with van der Waals surface area (Å²) in [7, 11) is 0. The Morgan fingerprint density at radius 2 is 2.00 bits per heavy atom. The normalized spacial score (nSPS) is 25.9. The van der Waals surface area contributed by atoms with Crippen molar-refractivity contribution in [1.82, 2.24) is 0 Å². The lowest BCUT2D eigenvalue weighted by molar-refractivity contribution is 0.336. The highest BCUT2D eigenvalue weighted by Crippen LogP contribution is 2.35. The molecule has 1 aromatic rings. The van der Waals surface area contributed by atoms with E-state index in [1.54, 1.807) is 11.8 Å². The molecular formula is C15H18Cl2N2S. The zero-order chi connectivity index (χ0) is 14.1. The molecule has 1 fully saturated rings. The Labute approximate surface area is 134 Å². The number of fused-ring (bicyclic) bond motifs is 1. The Hall–Kier alpha value is -0.380. The fourth-order valence-corrected chi connectivity index (χ4v) is 4.43. The van der Waals surface area contributed by atoms with Crippen molar-refractivity contribution in [3.05, 3.63) is 27.7 Å². The molecule has 1 aliphatic carbocycles. The van der Waals surface area contributed by atoms with E-state index in [0.717, 1.165) is 33.1 Å². The van der Waals surface area contributed by atoms with Gasteiger partial charge in [0.15, 0.2) is 5.17 Å². The summed E-state index contributed by atoms with van der Waals surface area (Å²) in [4.78, 5) is 4.86. The number of nitrogens with zero attached hydrogens (tertiary/aromatic N) is 1. The first-order valence-electron chi connectivity index (χ1n) is 7.07. The second-order valence-electron chi connectivity index (χ2n) is 5.56. The number of hydrogen-bond acceptors (Lipinski definition) is 3. The summed E-state index contributed by atoms with van der Waals surface area (Å²) in [5.41, 5.74) is 1.84. The Kier molecular flexibility index (Phi) is 4.49. The van der Waals surface area contributed by atoms with Gasteiger partial charge in [0.05, 0.1) is 16.8 Å². The molecule has 20 heavy (non-hydrogen) atoms. The van der Waals surface area contributed by atoms with Gasteiger partial charge in [0, 0.05) is 10.8 Å². The summed E-state index contributed by atoms with van der Waals surface area (Å²) >= 11 is 14.2. The average molecular weight is 329 g/mol. The fourth-order valence-electron chi connectivity index (χ4n) is 2.85. The molecule has 2 aliphatic rings. The maximum Gasteiger partial charge on any atom is 0.161 e. The van der Waals surface area contributed by atoms with Crippen molar-refractivity contribution in [2.24, 2.45) is 10.9 Å². The van der Waals surface area contributed by atoms with Crippen LogP contribution in [0.4, 0.5) is 5.69 Å². The zero-order valence-corrected chi connectivity index (χ0v) is 13.8. The second-order valence-corrected chi connectivity index (χ2v) is 7.39. The minimum atomic E-state index is 0.493. The van der Waals surface area contributed by atoms with Gasteiger partial charge in [-0.05, 0) is 43.4 Å². The highest BCUT2D eigenvalue weighted by molar-refractivity contribution is 8.14. The molecule has 2 nitrogen and oxygen atoms in total. The molecule has 2 unspecified atom stereocenters. The Bertz CT molecular complexity index is 545. The molecule has 1 saturated carbocycles. The van der Waals surface area contributed by atoms with E-state index in [1.807, 2.05) is 19.1 Å². The minimum absolute atomic E-state index is 0.493.